The van der Waals surface area contributed by atoms with E-state index in [2.05, 4.69) is 140 Å². The Morgan fingerprint density at radius 2 is 0.912 bits per heavy atom. The van der Waals surface area contributed by atoms with Crippen LogP contribution < -0.4 is 0 Å². The summed E-state index contributed by atoms with van der Waals surface area (Å²) >= 11 is 0. The number of pyridine rings is 1. The standard InChI is InChI=1S/C52H32N4O/c1-3-12-33(13-4-1)35-21-23-36(24-22-35)40-31-45(48-47(32-40)57-46-20-11-29-53-49(46)48)43-27-28-44(42-19-10-9-18-41(42)43)52-55-50(37-15-5-2-6-16-37)54-51(56-52)39-26-25-34-14-7-8-17-38(34)30-39/h1-32H. The van der Waals surface area contributed by atoms with Crippen molar-refractivity contribution in [2.45, 2.75) is 0 Å². The van der Waals surface area contributed by atoms with Crippen LogP contribution in [0, 0.1) is 0 Å². The van der Waals surface area contributed by atoms with Gasteiger partial charge in [-0.05, 0) is 91.3 Å². The lowest BCUT2D eigenvalue weighted by Gasteiger charge is -2.15. The predicted molar refractivity (Wildman–Crippen MR) is 233 cm³/mol. The average molecular weight is 729 g/mol. The van der Waals surface area contributed by atoms with Crippen LogP contribution in [0.15, 0.2) is 199 Å². The molecule has 0 aliphatic heterocycles. The Kier molecular flexibility index (Phi) is 7.74. The van der Waals surface area contributed by atoms with E-state index in [4.69, 9.17) is 24.4 Å². The van der Waals surface area contributed by atoms with Crippen molar-refractivity contribution in [2.75, 3.05) is 0 Å². The molecule has 0 unspecified atom stereocenters. The molecule has 11 rings (SSSR count). The Morgan fingerprint density at radius 3 is 1.68 bits per heavy atom. The molecule has 57 heavy (non-hydrogen) atoms. The highest BCUT2D eigenvalue weighted by molar-refractivity contribution is 6.16. The van der Waals surface area contributed by atoms with Gasteiger partial charge < -0.3 is 4.42 Å². The fourth-order valence-electron chi connectivity index (χ4n) is 7.98. The summed E-state index contributed by atoms with van der Waals surface area (Å²) in [5.41, 5.74) is 11.8. The minimum atomic E-state index is 0.614. The lowest BCUT2D eigenvalue weighted by atomic mass is 9.90. The fraction of sp³-hybridized carbons (Fsp3) is 0. The summed E-state index contributed by atoms with van der Waals surface area (Å²) in [7, 11) is 0. The van der Waals surface area contributed by atoms with E-state index < -0.39 is 0 Å². The Balaban J connectivity index is 1.11. The van der Waals surface area contributed by atoms with Gasteiger partial charge in [-0.15, -0.1) is 0 Å². The van der Waals surface area contributed by atoms with Crippen molar-refractivity contribution >= 4 is 43.6 Å². The zero-order chi connectivity index (χ0) is 37.7. The molecule has 3 aromatic heterocycles. The molecule has 5 heteroatoms. The first-order valence-corrected chi connectivity index (χ1v) is 19.0. The molecular weight excluding hydrogens is 697 g/mol. The zero-order valence-corrected chi connectivity index (χ0v) is 30.7. The van der Waals surface area contributed by atoms with Crippen LogP contribution in [-0.2, 0) is 0 Å². The lowest BCUT2D eigenvalue weighted by Crippen LogP contribution is -2.01. The van der Waals surface area contributed by atoms with Crippen LogP contribution in [0.4, 0.5) is 0 Å². The predicted octanol–water partition coefficient (Wildman–Crippen LogP) is 13.5. The molecular formula is C52H32N4O. The lowest BCUT2D eigenvalue weighted by molar-refractivity contribution is 0.668. The summed E-state index contributed by atoms with van der Waals surface area (Å²) in [5.74, 6) is 1.87. The maximum absolute atomic E-state index is 6.52. The topological polar surface area (TPSA) is 64.7 Å². The Morgan fingerprint density at radius 1 is 0.333 bits per heavy atom. The molecule has 0 spiro atoms. The van der Waals surface area contributed by atoms with Crippen molar-refractivity contribution in [3.8, 4) is 67.5 Å². The molecule has 0 bridgehead atoms. The van der Waals surface area contributed by atoms with E-state index in [0.29, 0.717) is 17.5 Å². The van der Waals surface area contributed by atoms with E-state index in [1.165, 1.54) is 16.5 Å². The van der Waals surface area contributed by atoms with E-state index in [9.17, 15) is 0 Å². The fourth-order valence-corrected chi connectivity index (χ4v) is 7.98. The number of rotatable bonds is 6. The summed E-state index contributed by atoms with van der Waals surface area (Å²) in [5, 5.41) is 5.40. The van der Waals surface area contributed by atoms with Crippen LogP contribution in [0.1, 0.15) is 0 Å². The number of hydrogen-bond acceptors (Lipinski definition) is 5. The van der Waals surface area contributed by atoms with E-state index in [-0.39, 0.29) is 0 Å². The van der Waals surface area contributed by atoms with Crippen molar-refractivity contribution in [2.24, 2.45) is 0 Å². The van der Waals surface area contributed by atoms with Gasteiger partial charge in [0.25, 0.3) is 0 Å². The van der Waals surface area contributed by atoms with Crippen molar-refractivity contribution in [3.05, 3.63) is 194 Å². The van der Waals surface area contributed by atoms with Crippen LogP contribution in [0.3, 0.4) is 0 Å². The molecule has 0 aliphatic carbocycles. The molecule has 0 fully saturated rings. The molecule has 5 nitrogen and oxygen atoms in total. The zero-order valence-electron chi connectivity index (χ0n) is 30.7. The van der Waals surface area contributed by atoms with Gasteiger partial charge in [0.05, 0.1) is 5.39 Å². The van der Waals surface area contributed by atoms with Gasteiger partial charge in [0, 0.05) is 22.9 Å². The van der Waals surface area contributed by atoms with Gasteiger partial charge in [-0.2, -0.15) is 0 Å². The molecule has 0 atom stereocenters. The molecule has 11 aromatic rings. The second kappa shape index (κ2) is 13.5. The van der Waals surface area contributed by atoms with Crippen molar-refractivity contribution in [3.63, 3.8) is 0 Å². The van der Waals surface area contributed by atoms with Crippen molar-refractivity contribution in [1.82, 2.24) is 19.9 Å². The molecule has 3 heterocycles. The number of furan rings is 1. The number of benzene rings is 8. The summed E-state index contributed by atoms with van der Waals surface area (Å²) in [6, 6.07) is 65.2. The van der Waals surface area contributed by atoms with Crippen LogP contribution in [-0.4, -0.2) is 19.9 Å². The van der Waals surface area contributed by atoms with Crippen LogP contribution in [0.2, 0.25) is 0 Å². The minimum Gasteiger partial charge on any atom is -0.454 e. The first kappa shape index (κ1) is 32.7. The second-order valence-electron chi connectivity index (χ2n) is 14.2. The molecule has 0 amide bonds. The maximum atomic E-state index is 6.52. The largest absolute Gasteiger partial charge is 0.454 e. The first-order chi connectivity index (χ1) is 28.2. The third-order valence-corrected chi connectivity index (χ3v) is 10.8. The number of nitrogens with zero attached hydrogens (tertiary/aromatic N) is 4. The Bertz CT molecular complexity index is 3280. The SMILES string of the molecule is c1ccc(-c2ccc(-c3cc(-c4ccc(-c5nc(-c6ccccc6)nc(-c6ccc7ccccc7c6)n5)c5ccccc45)c4c(c3)oc3cccnc34)cc2)cc1. The number of fused-ring (bicyclic) bond motifs is 5. The summed E-state index contributed by atoms with van der Waals surface area (Å²) in [6.07, 6.45) is 1.83. The Labute approximate surface area is 328 Å². The van der Waals surface area contributed by atoms with Crippen LogP contribution in [0.25, 0.3) is 111 Å². The number of aromatic nitrogens is 4. The van der Waals surface area contributed by atoms with E-state index in [0.717, 1.165) is 77.2 Å². The van der Waals surface area contributed by atoms with Gasteiger partial charge in [-0.1, -0.05) is 152 Å². The molecule has 0 saturated carbocycles. The molecule has 0 aliphatic rings. The van der Waals surface area contributed by atoms with Crippen LogP contribution in [0.5, 0.6) is 0 Å². The summed E-state index contributed by atoms with van der Waals surface area (Å²) in [6.45, 7) is 0. The van der Waals surface area contributed by atoms with Gasteiger partial charge in [-0.25, -0.2) is 15.0 Å². The first-order valence-electron chi connectivity index (χ1n) is 19.0. The van der Waals surface area contributed by atoms with Gasteiger partial charge in [0.15, 0.2) is 23.1 Å². The maximum Gasteiger partial charge on any atom is 0.164 e. The number of hydrogen-bond donors (Lipinski definition) is 0. The van der Waals surface area contributed by atoms with Gasteiger partial charge in [-0.3, -0.25) is 4.98 Å². The normalized spacial score (nSPS) is 11.5. The van der Waals surface area contributed by atoms with E-state index >= 15 is 0 Å². The van der Waals surface area contributed by atoms with Crippen molar-refractivity contribution in [1.29, 1.82) is 0 Å². The molecule has 0 N–H and O–H groups in total. The smallest absolute Gasteiger partial charge is 0.164 e. The molecule has 0 radical (unpaired) electrons. The minimum absolute atomic E-state index is 0.614. The summed E-state index contributed by atoms with van der Waals surface area (Å²) < 4.78 is 6.52. The third kappa shape index (κ3) is 5.81. The molecule has 0 saturated heterocycles. The molecule has 266 valence electrons. The van der Waals surface area contributed by atoms with Gasteiger partial charge in [0.1, 0.15) is 11.1 Å². The second-order valence-corrected chi connectivity index (χ2v) is 14.2. The van der Waals surface area contributed by atoms with E-state index in [1.807, 2.05) is 54.7 Å². The monoisotopic (exact) mass is 728 g/mol. The third-order valence-electron chi connectivity index (χ3n) is 10.8. The highest BCUT2D eigenvalue weighted by Gasteiger charge is 2.20. The average Bonchev–Trinajstić information content (AvgIpc) is 3.67. The quantitative estimate of drug-likeness (QED) is 0.171. The van der Waals surface area contributed by atoms with E-state index in [1.54, 1.807) is 0 Å². The highest BCUT2D eigenvalue weighted by Crippen LogP contribution is 2.43. The van der Waals surface area contributed by atoms with Gasteiger partial charge in [0.2, 0.25) is 0 Å². The van der Waals surface area contributed by atoms with Crippen molar-refractivity contribution < 1.29 is 4.42 Å². The summed E-state index contributed by atoms with van der Waals surface area (Å²) in [4.78, 5) is 20.2. The Hall–Kier alpha value is -7.76. The van der Waals surface area contributed by atoms with Gasteiger partial charge >= 0.3 is 0 Å². The highest BCUT2D eigenvalue weighted by atomic mass is 16.3. The molecule has 8 aromatic carbocycles. The van der Waals surface area contributed by atoms with Crippen LogP contribution >= 0.6 is 0 Å².